The highest BCUT2D eigenvalue weighted by Crippen LogP contribution is 2.32. The Morgan fingerprint density at radius 3 is 2.20 bits per heavy atom. The Labute approximate surface area is 86.4 Å². The third kappa shape index (κ3) is 1.50. The van der Waals surface area contributed by atoms with Gasteiger partial charge in [-0.05, 0) is 0 Å². The molecule has 2 rings (SSSR count). The lowest BCUT2D eigenvalue weighted by molar-refractivity contribution is -0.141. The summed E-state index contributed by atoms with van der Waals surface area (Å²) in [5.74, 6) is -1.96. The molecule has 82 valence electrons. The lowest BCUT2D eigenvalue weighted by Gasteiger charge is -2.15. The topological polar surface area (TPSA) is 77.9 Å². The average Bonchev–Trinajstić information content (AvgIpc) is 2.63. The maximum Gasteiger partial charge on any atom is 0.317 e. The van der Waals surface area contributed by atoms with Gasteiger partial charge in [0.2, 0.25) is 11.8 Å². The number of carbonyl (C=O) groups is 3. The Kier molecular flexibility index (Phi) is 2.22. The van der Waals surface area contributed by atoms with Gasteiger partial charge in [-0.15, -0.1) is 0 Å². The van der Waals surface area contributed by atoms with Crippen LogP contribution in [0.15, 0.2) is 0 Å². The van der Waals surface area contributed by atoms with Crippen LogP contribution in [0.3, 0.4) is 0 Å². The van der Waals surface area contributed by atoms with Crippen LogP contribution < -0.4 is 0 Å². The largest absolute Gasteiger partial charge is 0.480 e. The molecule has 6 heteroatoms. The van der Waals surface area contributed by atoms with Crippen LogP contribution in [-0.2, 0) is 14.4 Å². The Balaban J connectivity index is 2.08. The summed E-state index contributed by atoms with van der Waals surface area (Å²) >= 11 is 0. The van der Waals surface area contributed by atoms with Gasteiger partial charge in [-0.1, -0.05) is 0 Å². The minimum absolute atomic E-state index is 0.0999. The van der Waals surface area contributed by atoms with Crippen molar-refractivity contribution in [3.8, 4) is 0 Å². The summed E-state index contributed by atoms with van der Waals surface area (Å²) in [6.07, 6.45) is 0. The molecular weight excluding hydrogens is 200 g/mol. The van der Waals surface area contributed by atoms with Crippen LogP contribution in [0, 0.1) is 11.8 Å². The number of likely N-dealkylation sites (tertiary alicyclic amines) is 2. The first kappa shape index (κ1) is 10.1. The van der Waals surface area contributed by atoms with E-state index < -0.39 is 5.97 Å². The molecule has 0 radical (unpaired) electrons. The van der Waals surface area contributed by atoms with Gasteiger partial charge in [0.1, 0.15) is 0 Å². The minimum atomic E-state index is -0.928. The molecule has 2 aliphatic heterocycles. The Morgan fingerprint density at radius 2 is 1.80 bits per heavy atom. The van der Waals surface area contributed by atoms with Crippen molar-refractivity contribution in [2.45, 2.75) is 0 Å². The van der Waals surface area contributed by atoms with Gasteiger partial charge >= 0.3 is 5.97 Å². The summed E-state index contributed by atoms with van der Waals surface area (Å²) in [6.45, 7) is 0.662. The molecule has 15 heavy (non-hydrogen) atoms. The van der Waals surface area contributed by atoms with Crippen LogP contribution in [0.25, 0.3) is 0 Å². The van der Waals surface area contributed by atoms with Crippen molar-refractivity contribution in [3.63, 3.8) is 0 Å². The zero-order valence-electron chi connectivity index (χ0n) is 8.34. The molecule has 2 fully saturated rings. The molecule has 2 amide bonds. The number of hydrogen-bond donors (Lipinski definition) is 1. The van der Waals surface area contributed by atoms with E-state index in [4.69, 9.17) is 5.11 Å². The third-order valence-electron chi connectivity index (χ3n) is 3.05. The monoisotopic (exact) mass is 212 g/mol. The SMILES string of the molecule is CN1C(=O)[C@H]2CN(CC(=O)O)C[C@H]2C1=O. The highest BCUT2D eigenvalue weighted by Gasteiger charge is 2.50. The molecule has 2 saturated heterocycles. The molecular formula is C9H12N2O4. The first-order chi connectivity index (χ1) is 7.00. The summed E-state index contributed by atoms with van der Waals surface area (Å²) in [7, 11) is 1.48. The quantitative estimate of drug-likeness (QED) is 0.571. The Morgan fingerprint density at radius 1 is 1.33 bits per heavy atom. The molecule has 0 aromatic heterocycles. The van der Waals surface area contributed by atoms with Crippen molar-refractivity contribution >= 4 is 17.8 Å². The second kappa shape index (κ2) is 3.30. The summed E-state index contributed by atoms with van der Waals surface area (Å²) < 4.78 is 0. The second-order valence-corrected chi connectivity index (χ2v) is 4.04. The number of nitrogens with zero attached hydrogens (tertiary/aromatic N) is 2. The maximum atomic E-state index is 11.6. The zero-order valence-corrected chi connectivity index (χ0v) is 8.34. The predicted molar refractivity (Wildman–Crippen MR) is 48.8 cm³/mol. The van der Waals surface area contributed by atoms with Gasteiger partial charge in [-0.25, -0.2) is 0 Å². The van der Waals surface area contributed by atoms with E-state index in [1.165, 1.54) is 7.05 Å². The first-order valence-electron chi connectivity index (χ1n) is 4.76. The number of aliphatic carboxylic acids is 1. The van der Waals surface area contributed by atoms with E-state index in [-0.39, 0.29) is 30.2 Å². The van der Waals surface area contributed by atoms with Crippen LogP contribution in [-0.4, -0.2) is 59.4 Å². The van der Waals surface area contributed by atoms with Crippen LogP contribution in [0.5, 0.6) is 0 Å². The number of carbonyl (C=O) groups excluding carboxylic acids is 2. The van der Waals surface area contributed by atoms with Crippen LogP contribution in [0.1, 0.15) is 0 Å². The van der Waals surface area contributed by atoms with Gasteiger partial charge < -0.3 is 5.11 Å². The van der Waals surface area contributed by atoms with Crippen molar-refractivity contribution < 1.29 is 19.5 Å². The van der Waals surface area contributed by atoms with Crippen molar-refractivity contribution in [1.29, 1.82) is 0 Å². The lowest BCUT2D eigenvalue weighted by Crippen LogP contribution is -2.35. The second-order valence-electron chi connectivity index (χ2n) is 4.04. The van der Waals surface area contributed by atoms with Gasteiger partial charge in [0.05, 0.1) is 18.4 Å². The van der Waals surface area contributed by atoms with Crippen LogP contribution in [0.2, 0.25) is 0 Å². The molecule has 0 spiro atoms. The summed E-state index contributed by atoms with van der Waals surface area (Å²) in [5.41, 5.74) is 0. The van der Waals surface area contributed by atoms with Crippen LogP contribution >= 0.6 is 0 Å². The molecule has 1 N–H and O–H groups in total. The number of fused-ring (bicyclic) bond motifs is 1. The average molecular weight is 212 g/mol. The molecule has 0 aromatic rings. The maximum absolute atomic E-state index is 11.6. The normalized spacial score (nSPS) is 31.1. The molecule has 0 saturated carbocycles. The number of hydrogen-bond acceptors (Lipinski definition) is 4. The molecule has 0 aromatic carbocycles. The molecule has 0 bridgehead atoms. The summed E-state index contributed by atoms with van der Waals surface area (Å²) in [4.78, 5) is 36.4. The van der Waals surface area contributed by atoms with Crippen molar-refractivity contribution in [2.24, 2.45) is 11.8 Å². The van der Waals surface area contributed by atoms with Crippen molar-refractivity contribution in [2.75, 3.05) is 26.7 Å². The fraction of sp³-hybridized carbons (Fsp3) is 0.667. The first-order valence-corrected chi connectivity index (χ1v) is 4.76. The van der Waals surface area contributed by atoms with E-state index in [2.05, 4.69) is 0 Å². The standard InChI is InChI=1S/C9H12N2O4/c1-10-8(14)5-2-11(4-7(12)13)3-6(5)9(10)15/h5-6H,2-4H2,1H3,(H,12,13)/t5-,6+. The third-order valence-corrected chi connectivity index (χ3v) is 3.05. The number of carboxylic acid groups (broad SMARTS) is 1. The highest BCUT2D eigenvalue weighted by molar-refractivity contribution is 6.05. The fourth-order valence-corrected chi connectivity index (χ4v) is 2.31. The molecule has 2 atom stereocenters. The molecule has 2 aliphatic rings. The van der Waals surface area contributed by atoms with Gasteiger partial charge in [-0.3, -0.25) is 24.2 Å². The number of imide groups is 1. The van der Waals surface area contributed by atoms with E-state index >= 15 is 0 Å². The van der Waals surface area contributed by atoms with E-state index in [1.807, 2.05) is 0 Å². The van der Waals surface area contributed by atoms with E-state index in [1.54, 1.807) is 4.90 Å². The fourth-order valence-electron chi connectivity index (χ4n) is 2.31. The highest BCUT2D eigenvalue weighted by atomic mass is 16.4. The van der Waals surface area contributed by atoms with Gasteiger partial charge in [0.15, 0.2) is 0 Å². The van der Waals surface area contributed by atoms with E-state index in [0.717, 1.165) is 4.90 Å². The molecule has 2 heterocycles. The van der Waals surface area contributed by atoms with E-state index in [0.29, 0.717) is 13.1 Å². The minimum Gasteiger partial charge on any atom is -0.480 e. The van der Waals surface area contributed by atoms with Crippen molar-refractivity contribution in [1.82, 2.24) is 9.80 Å². The molecule has 0 aliphatic carbocycles. The molecule has 6 nitrogen and oxygen atoms in total. The smallest absolute Gasteiger partial charge is 0.317 e. The lowest BCUT2D eigenvalue weighted by atomic mass is 10.00. The van der Waals surface area contributed by atoms with Crippen LogP contribution in [0.4, 0.5) is 0 Å². The number of amides is 2. The van der Waals surface area contributed by atoms with Gasteiger partial charge in [-0.2, -0.15) is 0 Å². The Bertz CT molecular complexity index is 317. The molecule has 0 unspecified atom stereocenters. The van der Waals surface area contributed by atoms with E-state index in [9.17, 15) is 14.4 Å². The van der Waals surface area contributed by atoms with Crippen molar-refractivity contribution in [3.05, 3.63) is 0 Å². The zero-order chi connectivity index (χ0) is 11.2. The summed E-state index contributed by atoms with van der Waals surface area (Å²) in [5, 5.41) is 8.60. The van der Waals surface area contributed by atoms with Gasteiger partial charge in [0.25, 0.3) is 0 Å². The summed E-state index contributed by atoms with van der Waals surface area (Å²) in [6, 6.07) is 0. The number of carboxylic acids is 1. The van der Waals surface area contributed by atoms with Gasteiger partial charge in [0, 0.05) is 20.1 Å². The predicted octanol–water partition coefficient (Wildman–Crippen LogP) is -1.38. The Hall–Kier alpha value is -1.43. The number of rotatable bonds is 2.